The van der Waals surface area contributed by atoms with Gasteiger partial charge in [-0.05, 0) is 12.5 Å². The Hall–Kier alpha value is -1.41. The first-order valence-corrected chi connectivity index (χ1v) is 3.76. The van der Waals surface area contributed by atoms with Crippen LogP contribution in [0, 0.1) is 17.2 Å². The molecule has 1 unspecified atom stereocenters. The molecule has 0 bridgehead atoms. The fourth-order valence-corrected chi connectivity index (χ4v) is 0.790. The first-order valence-electron chi connectivity index (χ1n) is 3.76. The number of hydrogen-bond acceptors (Lipinski definition) is 4. The molecule has 0 amide bonds. The van der Waals surface area contributed by atoms with Gasteiger partial charge in [-0.15, -0.1) is 5.10 Å². The van der Waals surface area contributed by atoms with Crippen LogP contribution in [0.1, 0.15) is 12.6 Å². The van der Waals surface area contributed by atoms with E-state index >= 15 is 0 Å². The van der Waals surface area contributed by atoms with Gasteiger partial charge < -0.3 is 5.73 Å². The molecule has 1 atom stereocenters. The second-order valence-corrected chi connectivity index (χ2v) is 2.74. The Labute approximate surface area is 70.8 Å². The maximum Gasteiger partial charge on any atom is 0.182 e. The summed E-state index contributed by atoms with van der Waals surface area (Å²) in [4.78, 5) is 1.50. The molecule has 12 heavy (non-hydrogen) atoms. The minimum Gasteiger partial charge on any atom is -0.330 e. The third-order valence-corrected chi connectivity index (χ3v) is 1.53. The summed E-state index contributed by atoms with van der Waals surface area (Å²) in [5.41, 5.74) is 5.77. The number of nitrogens with two attached hydrogens (primary N) is 1. The Kier molecular flexibility index (Phi) is 2.77. The summed E-state index contributed by atoms with van der Waals surface area (Å²) in [5.74, 6) is 0.337. The van der Waals surface area contributed by atoms with E-state index < -0.39 is 0 Å². The van der Waals surface area contributed by atoms with Crippen molar-refractivity contribution < 1.29 is 0 Å². The van der Waals surface area contributed by atoms with Crippen molar-refractivity contribution in [3.8, 4) is 6.07 Å². The first-order chi connectivity index (χ1) is 5.76. The number of nitrogens with zero attached hydrogens (tertiary/aromatic N) is 4. The van der Waals surface area contributed by atoms with Crippen molar-refractivity contribution in [3.05, 3.63) is 11.9 Å². The van der Waals surface area contributed by atoms with Crippen LogP contribution < -0.4 is 5.73 Å². The lowest BCUT2D eigenvalue weighted by atomic mass is 10.2. The molecule has 1 aromatic heterocycles. The summed E-state index contributed by atoms with van der Waals surface area (Å²) in [7, 11) is 0. The van der Waals surface area contributed by atoms with Crippen LogP contribution >= 0.6 is 0 Å². The largest absolute Gasteiger partial charge is 0.330 e. The van der Waals surface area contributed by atoms with Crippen LogP contribution in [0.3, 0.4) is 0 Å². The van der Waals surface area contributed by atoms with Crippen molar-refractivity contribution in [2.24, 2.45) is 11.7 Å². The van der Waals surface area contributed by atoms with Crippen LogP contribution in [0.2, 0.25) is 0 Å². The number of hydrogen-bond donors (Lipinski definition) is 1. The van der Waals surface area contributed by atoms with Crippen molar-refractivity contribution in [2.45, 2.75) is 13.5 Å². The van der Waals surface area contributed by atoms with Crippen LogP contribution in [-0.2, 0) is 6.54 Å². The zero-order valence-electron chi connectivity index (χ0n) is 6.94. The number of aromatic nitrogens is 3. The van der Waals surface area contributed by atoms with Crippen LogP contribution in [0.4, 0.5) is 0 Å². The first kappa shape index (κ1) is 8.68. The molecule has 1 heterocycles. The monoisotopic (exact) mass is 165 g/mol. The van der Waals surface area contributed by atoms with Crippen LogP contribution in [0.5, 0.6) is 0 Å². The van der Waals surface area contributed by atoms with E-state index in [-0.39, 0.29) is 0 Å². The molecule has 64 valence electrons. The van der Waals surface area contributed by atoms with E-state index in [0.717, 1.165) is 0 Å². The maximum absolute atomic E-state index is 8.45. The average molecular weight is 165 g/mol. The van der Waals surface area contributed by atoms with Gasteiger partial charge in [0.2, 0.25) is 0 Å². The number of rotatable bonds is 3. The van der Waals surface area contributed by atoms with Gasteiger partial charge in [0.15, 0.2) is 5.69 Å². The molecule has 5 heteroatoms. The lowest BCUT2D eigenvalue weighted by Crippen LogP contribution is -2.18. The van der Waals surface area contributed by atoms with Gasteiger partial charge in [0.05, 0.1) is 12.7 Å². The molecule has 0 fully saturated rings. The van der Waals surface area contributed by atoms with Gasteiger partial charge in [0.1, 0.15) is 6.07 Å². The quantitative estimate of drug-likeness (QED) is 0.669. The molecule has 0 saturated heterocycles. The van der Waals surface area contributed by atoms with Crippen molar-refractivity contribution in [2.75, 3.05) is 6.54 Å². The highest BCUT2D eigenvalue weighted by Gasteiger charge is 2.03. The molecule has 0 radical (unpaired) electrons. The van der Waals surface area contributed by atoms with Crippen LogP contribution in [0.25, 0.3) is 0 Å². The second kappa shape index (κ2) is 3.83. The summed E-state index contributed by atoms with van der Waals surface area (Å²) < 4.78 is 0. The molecule has 5 nitrogen and oxygen atoms in total. The van der Waals surface area contributed by atoms with E-state index in [9.17, 15) is 0 Å². The maximum atomic E-state index is 8.45. The standard InChI is InChI=1S/C7H11N5/c1-6(2-8)5-12-10-4-7(3-9)11-12/h4,6H,2,5,8H2,1H3. The minimum atomic E-state index is 0.337. The molecule has 2 N–H and O–H groups in total. The van der Waals surface area contributed by atoms with Gasteiger partial charge in [-0.2, -0.15) is 15.2 Å². The Morgan fingerprint density at radius 1 is 1.83 bits per heavy atom. The van der Waals surface area contributed by atoms with Gasteiger partial charge in [-0.3, -0.25) is 0 Å². The van der Waals surface area contributed by atoms with E-state index in [1.54, 1.807) is 0 Å². The van der Waals surface area contributed by atoms with Crippen LogP contribution in [0.15, 0.2) is 6.20 Å². The van der Waals surface area contributed by atoms with Gasteiger partial charge in [-0.1, -0.05) is 6.92 Å². The Morgan fingerprint density at radius 2 is 2.58 bits per heavy atom. The normalized spacial score (nSPS) is 12.4. The molecule has 0 saturated carbocycles. The predicted molar refractivity (Wildman–Crippen MR) is 43.0 cm³/mol. The minimum absolute atomic E-state index is 0.337. The summed E-state index contributed by atoms with van der Waals surface area (Å²) in [5, 5.41) is 16.3. The molecule has 0 spiro atoms. The van der Waals surface area contributed by atoms with E-state index in [4.69, 9.17) is 11.0 Å². The fourth-order valence-electron chi connectivity index (χ4n) is 0.790. The lowest BCUT2D eigenvalue weighted by Gasteiger charge is -2.05. The molecule has 0 aliphatic rings. The average Bonchev–Trinajstić information content (AvgIpc) is 2.52. The van der Waals surface area contributed by atoms with Crippen molar-refractivity contribution >= 4 is 0 Å². The predicted octanol–water partition coefficient (Wildman–Crippen LogP) is -0.255. The molecular formula is C7H11N5. The Bertz CT molecular complexity index is 284. The highest BCUT2D eigenvalue weighted by Crippen LogP contribution is 1.96. The topological polar surface area (TPSA) is 80.5 Å². The third kappa shape index (κ3) is 2.04. The van der Waals surface area contributed by atoms with Crippen molar-refractivity contribution in [3.63, 3.8) is 0 Å². The molecule has 0 aliphatic carbocycles. The van der Waals surface area contributed by atoms with Gasteiger partial charge in [-0.25, -0.2) is 0 Å². The van der Waals surface area contributed by atoms with Gasteiger partial charge >= 0.3 is 0 Å². The molecule has 0 aliphatic heterocycles. The van der Waals surface area contributed by atoms with E-state index in [2.05, 4.69) is 10.2 Å². The summed E-state index contributed by atoms with van der Waals surface area (Å²) >= 11 is 0. The van der Waals surface area contributed by atoms with Gasteiger partial charge in [0.25, 0.3) is 0 Å². The zero-order chi connectivity index (χ0) is 8.97. The third-order valence-electron chi connectivity index (χ3n) is 1.53. The SMILES string of the molecule is CC(CN)Cn1ncc(C#N)n1. The fraction of sp³-hybridized carbons (Fsp3) is 0.571. The molecule has 0 aromatic carbocycles. The molecular weight excluding hydrogens is 154 g/mol. The highest BCUT2D eigenvalue weighted by molar-refractivity contribution is 5.12. The summed E-state index contributed by atoms with van der Waals surface area (Å²) in [6.07, 6.45) is 1.45. The summed E-state index contributed by atoms with van der Waals surface area (Å²) in [6.45, 7) is 3.27. The number of nitriles is 1. The molecule has 1 rings (SSSR count). The Morgan fingerprint density at radius 3 is 3.08 bits per heavy atom. The van der Waals surface area contributed by atoms with E-state index in [1.165, 1.54) is 11.0 Å². The highest BCUT2D eigenvalue weighted by atomic mass is 15.5. The Balaban J connectivity index is 2.59. The van der Waals surface area contributed by atoms with E-state index in [1.807, 2.05) is 13.0 Å². The lowest BCUT2D eigenvalue weighted by molar-refractivity contribution is 0.418. The van der Waals surface area contributed by atoms with Crippen LogP contribution in [-0.4, -0.2) is 21.5 Å². The summed E-state index contributed by atoms with van der Waals surface area (Å²) in [6, 6.07) is 1.91. The molecule has 1 aromatic rings. The van der Waals surface area contributed by atoms with Gasteiger partial charge in [0, 0.05) is 0 Å². The zero-order valence-corrected chi connectivity index (χ0v) is 6.94. The van der Waals surface area contributed by atoms with Crippen molar-refractivity contribution in [1.82, 2.24) is 15.0 Å². The smallest absolute Gasteiger partial charge is 0.182 e. The van der Waals surface area contributed by atoms with E-state index in [0.29, 0.717) is 24.7 Å². The second-order valence-electron chi connectivity index (χ2n) is 2.74. The van der Waals surface area contributed by atoms with Crippen molar-refractivity contribution in [1.29, 1.82) is 5.26 Å².